The van der Waals surface area contributed by atoms with Crippen LogP contribution in [0, 0.1) is 0 Å². The Hall–Kier alpha value is -2.91. The molecule has 0 fully saturated rings. The second-order valence-corrected chi connectivity index (χ2v) is 8.74. The van der Waals surface area contributed by atoms with Crippen molar-refractivity contribution in [2.45, 2.75) is 38.5 Å². The molecule has 2 aromatic rings. The second kappa shape index (κ2) is 8.91. The molecule has 0 saturated heterocycles. The lowest BCUT2D eigenvalue weighted by atomic mass is 9.85. The normalized spacial score (nSPS) is 19.8. The van der Waals surface area contributed by atoms with Crippen molar-refractivity contribution < 1.29 is 9.13 Å². The van der Waals surface area contributed by atoms with Crippen LogP contribution in [0.25, 0.3) is 5.57 Å². The molecule has 9 heteroatoms. The largest absolute Gasteiger partial charge is 0.374 e. The van der Waals surface area contributed by atoms with Crippen LogP contribution in [0.4, 0.5) is 10.2 Å². The lowest BCUT2D eigenvalue weighted by molar-refractivity contribution is 0.103. The number of azo groups is 1. The SMILES string of the molecule is CC(C)n1c2c(n(C)c1=O)N=NC1C=C(F)C(c3ccc(COCCN(C)C)nc3)=CC21. The Morgan fingerprint density at radius 3 is 2.69 bits per heavy atom. The highest BCUT2D eigenvalue weighted by atomic mass is 19.1. The summed E-state index contributed by atoms with van der Waals surface area (Å²) in [5.74, 6) is -0.109. The molecule has 0 N–H and O–H groups in total. The van der Waals surface area contributed by atoms with Crippen LogP contribution in [0.1, 0.15) is 42.8 Å². The molecule has 8 nitrogen and oxygen atoms in total. The van der Waals surface area contributed by atoms with Gasteiger partial charge in [-0.2, -0.15) is 5.11 Å². The molecule has 1 aliphatic carbocycles. The fourth-order valence-corrected chi connectivity index (χ4v) is 4.06. The first-order valence-electron chi connectivity index (χ1n) is 10.8. The topological polar surface area (TPSA) is 77.0 Å². The predicted octanol–water partition coefficient (Wildman–Crippen LogP) is 3.74. The van der Waals surface area contributed by atoms with Crippen molar-refractivity contribution >= 4 is 11.4 Å². The Bertz CT molecular complexity index is 1140. The molecular formula is C23H29FN6O2. The lowest BCUT2D eigenvalue weighted by Gasteiger charge is -2.28. The molecule has 0 spiro atoms. The summed E-state index contributed by atoms with van der Waals surface area (Å²) in [4.78, 5) is 19.3. The molecule has 0 aromatic carbocycles. The summed E-state index contributed by atoms with van der Waals surface area (Å²) in [6.07, 6.45) is 4.99. The molecule has 0 bridgehead atoms. The zero-order valence-corrected chi connectivity index (χ0v) is 19.1. The van der Waals surface area contributed by atoms with Gasteiger partial charge in [0.25, 0.3) is 0 Å². The highest BCUT2D eigenvalue weighted by molar-refractivity contribution is 5.79. The molecule has 0 saturated carbocycles. The summed E-state index contributed by atoms with van der Waals surface area (Å²) in [5.41, 5.74) is 2.54. The zero-order chi connectivity index (χ0) is 23.0. The van der Waals surface area contributed by atoms with Crippen LogP contribution >= 0.6 is 0 Å². The molecule has 0 radical (unpaired) electrons. The van der Waals surface area contributed by atoms with Crippen molar-refractivity contribution in [3.63, 3.8) is 0 Å². The van der Waals surface area contributed by atoms with Crippen molar-refractivity contribution in [2.75, 3.05) is 27.2 Å². The number of nitrogens with zero attached hydrogens (tertiary/aromatic N) is 6. The molecule has 2 unspecified atom stereocenters. The Morgan fingerprint density at radius 2 is 2.03 bits per heavy atom. The summed E-state index contributed by atoms with van der Waals surface area (Å²) >= 11 is 0. The van der Waals surface area contributed by atoms with Gasteiger partial charge in [-0.25, -0.2) is 9.18 Å². The van der Waals surface area contributed by atoms with Crippen LogP contribution in [0.3, 0.4) is 0 Å². The van der Waals surface area contributed by atoms with Crippen LogP contribution < -0.4 is 5.69 Å². The predicted molar refractivity (Wildman–Crippen MR) is 121 cm³/mol. The molecule has 4 rings (SSSR count). The van der Waals surface area contributed by atoms with Crippen molar-refractivity contribution in [3.8, 4) is 0 Å². The molecule has 2 aromatic heterocycles. The summed E-state index contributed by atoms with van der Waals surface area (Å²) in [5, 5.41) is 8.50. The number of hydrogen-bond acceptors (Lipinski definition) is 6. The molecule has 170 valence electrons. The number of rotatable bonds is 7. The number of halogens is 1. The van der Waals surface area contributed by atoms with Crippen LogP contribution in [0.15, 0.2) is 51.3 Å². The maximum atomic E-state index is 15.0. The van der Waals surface area contributed by atoms with E-state index >= 15 is 4.39 Å². The van der Waals surface area contributed by atoms with Gasteiger partial charge in [-0.15, -0.1) is 5.11 Å². The molecule has 1 aliphatic heterocycles. The smallest absolute Gasteiger partial charge is 0.330 e. The minimum Gasteiger partial charge on any atom is -0.374 e. The third-order valence-corrected chi connectivity index (χ3v) is 5.77. The van der Waals surface area contributed by atoms with E-state index in [4.69, 9.17) is 4.74 Å². The molecule has 2 aliphatic rings. The first kappa shape index (κ1) is 22.3. The van der Waals surface area contributed by atoms with Gasteiger partial charge in [0.15, 0.2) is 5.82 Å². The van der Waals surface area contributed by atoms with Gasteiger partial charge in [0, 0.05) is 37.0 Å². The zero-order valence-electron chi connectivity index (χ0n) is 19.1. The van der Waals surface area contributed by atoms with Crippen LogP contribution in [-0.4, -0.2) is 52.3 Å². The van der Waals surface area contributed by atoms with E-state index in [1.807, 2.05) is 46.2 Å². The van der Waals surface area contributed by atoms with E-state index in [1.54, 1.807) is 17.8 Å². The molecule has 3 heterocycles. The lowest BCUT2D eigenvalue weighted by Crippen LogP contribution is -2.28. The van der Waals surface area contributed by atoms with E-state index in [-0.39, 0.29) is 23.5 Å². The fourth-order valence-electron chi connectivity index (χ4n) is 4.06. The van der Waals surface area contributed by atoms with Crippen molar-refractivity contribution in [2.24, 2.45) is 17.3 Å². The van der Waals surface area contributed by atoms with E-state index in [9.17, 15) is 4.79 Å². The summed E-state index contributed by atoms with van der Waals surface area (Å²) in [6.45, 7) is 5.77. The number of ether oxygens (including phenoxy) is 1. The van der Waals surface area contributed by atoms with E-state index in [0.29, 0.717) is 30.2 Å². The van der Waals surface area contributed by atoms with Crippen LogP contribution in [-0.2, 0) is 18.4 Å². The number of allylic oxidation sites excluding steroid dienone is 2. The molecular weight excluding hydrogens is 411 g/mol. The van der Waals surface area contributed by atoms with Gasteiger partial charge in [0.05, 0.1) is 30.5 Å². The molecule has 2 atom stereocenters. The number of pyridine rings is 1. The third-order valence-electron chi connectivity index (χ3n) is 5.77. The van der Waals surface area contributed by atoms with Gasteiger partial charge in [-0.3, -0.25) is 14.1 Å². The third kappa shape index (κ3) is 4.10. The van der Waals surface area contributed by atoms with Crippen molar-refractivity contribution in [1.82, 2.24) is 19.0 Å². The monoisotopic (exact) mass is 440 g/mol. The van der Waals surface area contributed by atoms with Gasteiger partial charge < -0.3 is 9.64 Å². The van der Waals surface area contributed by atoms with E-state index < -0.39 is 6.04 Å². The van der Waals surface area contributed by atoms with E-state index in [1.165, 1.54) is 10.6 Å². The van der Waals surface area contributed by atoms with Crippen molar-refractivity contribution in [1.29, 1.82) is 0 Å². The number of fused-ring (bicyclic) bond motifs is 3. The summed E-state index contributed by atoms with van der Waals surface area (Å²) in [6, 6.07) is 3.18. The van der Waals surface area contributed by atoms with E-state index in [0.717, 1.165) is 17.9 Å². The van der Waals surface area contributed by atoms with Gasteiger partial charge >= 0.3 is 5.69 Å². The second-order valence-electron chi connectivity index (χ2n) is 8.74. The van der Waals surface area contributed by atoms with Crippen LogP contribution in [0.5, 0.6) is 0 Å². The Kier molecular flexibility index (Phi) is 6.21. The minimum atomic E-state index is -0.477. The Morgan fingerprint density at radius 1 is 1.25 bits per heavy atom. The minimum absolute atomic E-state index is 0.0487. The summed E-state index contributed by atoms with van der Waals surface area (Å²) < 4.78 is 23.9. The average molecular weight is 441 g/mol. The first-order valence-corrected chi connectivity index (χ1v) is 10.8. The standard InChI is InChI=1S/C23H29FN6O2/c1-14(2)30-21-18-10-17(15-6-7-16(25-12-15)13-32-9-8-28(3)4)19(24)11-20(18)26-27-22(21)29(5)23(30)31/h6-7,10-12,14,18,20H,8-9,13H2,1-5H3. The highest BCUT2D eigenvalue weighted by Crippen LogP contribution is 2.43. The number of imidazole rings is 1. The molecule has 32 heavy (non-hydrogen) atoms. The number of hydrogen-bond donors (Lipinski definition) is 0. The number of likely N-dealkylation sites (N-methyl/N-ethyl adjacent to an activating group) is 1. The average Bonchev–Trinajstić information content (AvgIpc) is 3.02. The quantitative estimate of drug-likeness (QED) is 0.615. The maximum Gasteiger partial charge on any atom is 0.330 e. The van der Waals surface area contributed by atoms with Gasteiger partial charge in [0.2, 0.25) is 0 Å². The van der Waals surface area contributed by atoms with Gasteiger partial charge in [-0.1, -0.05) is 12.1 Å². The summed E-state index contributed by atoms with van der Waals surface area (Å²) in [7, 11) is 5.67. The first-order chi connectivity index (χ1) is 15.3. The van der Waals surface area contributed by atoms with Gasteiger partial charge in [-0.05, 0) is 40.1 Å². The van der Waals surface area contributed by atoms with Crippen LogP contribution in [0.2, 0.25) is 0 Å². The van der Waals surface area contributed by atoms with Crippen molar-refractivity contribution in [3.05, 3.63) is 63.7 Å². The Balaban J connectivity index is 1.62. The molecule has 0 amide bonds. The van der Waals surface area contributed by atoms with E-state index in [2.05, 4.69) is 20.1 Å². The van der Waals surface area contributed by atoms with Gasteiger partial charge in [0.1, 0.15) is 11.9 Å². The Labute approximate surface area is 186 Å². The maximum absolute atomic E-state index is 15.0. The fraction of sp³-hybridized carbons (Fsp3) is 0.478. The highest BCUT2D eigenvalue weighted by Gasteiger charge is 2.36. The number of aromatic nitrogens is 3.